The van der Waals surface area contributed by atoms with Crippen molar-refractivity contribution in [2.45, 2.75) is 13.8 Å². The zero-order valence-corrected chi connectivity index (χ0v) is 6.70. The molecule has 0 aliphatic heterocycles. The molecule has 0 aliphatic carbocycles. The van der Waals surface area contributed by atoms with E-state index < -0.39 is 7.12 Å². The van der Waals surface area contributed by atoms with E-state index >= 15 is 0 Å². The van der Waals surface area contributed by atoms with E-state index in [1.807, 2.05) is 32.0 Å². The minimum atomic E-state index is -1.35. The van der Waals surface area contributed by atoms with Gasteiger partial charge in [0.25, 0.3) is 0 Å². The normalized spacial score (nSPS) is 8.31. The Labute approximate surface area is 111 Å². The first kappa shape index (κ1) is 16.2. The average molecular weight is 203 g/mol. The second kappa shape index (κ2) is 7.09. The lowest BCUT2D eigenvalue weighted by Crippen LogP contribution is -2.34. The third kappa shape index (κ3) is 4.18. The highest BCUT2D eigenvalue weighted by atomic mass is 24.3. The molecule has 13 heavy (non-hydrogen) atoms. The maximum Gasteiger partial charge on any atom is 0.488 e. The van der Waals surface area contributed by atoms with E-state index in [-0.39, 0.29) is 46.1 Å². The van der Waals surface area contributed by atoms with Gasteiger partial charge < -0.3 is 10.0 Å². The van der Waals surface area contributed by atoms with Gasteiger partial charge in [0.2, 0.25) is 0 Å². The highest BCUT2D eigenvalue weighted by molar-refractivity contribution is 6.59. The van der Waals surface area contributed by atoms with Crippen LogP contribution in [-0.4, -0.2) is 63.3 Å². The van der Waals surface area contributed by atoms with Crippen LogP contribution in [0.25, 0.3) is 0 Å². The molecule has 0 bridgehead atoms. The summed E-state index contributed by atoms with van der Waals surface area (Å²) in [7, 11) is -1.35. The summed E-state index contributed by atoms with van der Waals surface area (Å²) < 4.78 is 0. The predicted octanol–water partition coefficient (Wildman–Crippen LogP) is -1.85. The fourth-order valence-corrected chi connectivity index (χ4v) is 1.23. The molecule has 2 nitrogen and oxygen atoms in total. The Morgan fingerprint density at radius 3 is 1.62 bits per heavy atom. The van der Waals surface area contributed by atoms with E-state index in [1.165, 1.54) is 0 Å². The monoisotopic (exact) mass is 202 g/mol. The van der Waals surface area contributed by atoms with Gasteiger partial charge in [-0.2, -0.15) is 0 Å². The molecule has 0 saturated carbocycles. The van der Waals surface area contributed by atoms with Crippen molar-refractivity contribution in [1.82, 2.24) is 0 Å². The molecule has 66 valence electrons. The summed E-state index contributed by atoms with van der Waals surface area (Å²) in [6, 6.07) is 5.63. The van der Waals surface area contributed by atoms with Crippen LogP contribution in [0.4, 0.5) is 0 Å². The topological polar surface area (TPSA) is 40.5 Å². The van der Waals surface area contributed by atoms with Gasteiger partial charge in [-0.15, -0.1) is 0 Å². The van der Waals surface area contributed by atoms with Gasteiger partial charge >= 0.3 is 53.2 Å². The van der Waals surface area contributed by atoms with Crippen molar-refractivity contribution < 1.29 is 10.0 Å². The summed E-state index contributed by atoms with van der Waals surface area (Å²) in [4.78, 5) is 0. The number of benzene rings is 1. The van der Waals surface area contributed by atoms with E-state index in [2.05, 4.69) is 0 Å². The van der Waals surface area contributed by atoms with Crippen molar-refractivity contribution in [1.29, 1.82) is 0 Å². The summed E-state index contributed by atoms with van der Waals surface area (Å²) in [6.07, 6.45) is 0. The van der Waals surface area contributed by atoms with Crippen LogP contribution < -0.4 is 5.46 Å². The fraction of sp³-hybridized carbons (Fsp3) is 0.250. The summed E-state index contributed by atoms with van der Waals surface area (Å²) in [6.45, 7) is 3.73. The van der Waals surface area contributed by atoms with Crippen molar-refractivity contribution in [3.8, 4) is 0 Å². The molecule has 0 aliphatic rings. The smallest absolute Gasteiger partial charge is 0.423 e. The molecule has 0 saturated heterocycles. The molecule has 5 heteroatoms. The summed E-state index contributed by atoms with van der Waals surface area (Å²) >= 11 is 0. The molecular weight excluding hydrogens is 188 g/mol. The van der Waals surface area contributed by atoms with Gasteiger partial charge in [0.15, 0.2) is 0 Å². The molecule has 0 radical (unpaired) electrons. The van der Waals surface area contributed by atoms with E-state index in [9.17, 15) is 0 Å². The second-order valence-electron chi connectivity index (χ2n) is 2.68. The summed E-state index contributed by atoms with van der Waals surface area (Å²) in [5.41, 5.74) is 2.45. The number of hydrogen-bond acceptors (Lipinski definition) is 2. The second-order valence-corrected chi connectivity index (χ2v) is 2.68. The first-order chi connectivity index (χ1) is 5.13. The van der Waals surface area contributed by atoms with Crippen LogP contribution in [0.3, 0.4) is 0 Å². The van der Waals surface area contributed by atoms with Gasteiger partial charge in [0.05, 0.1) is 0 Å². The van der Waals surface area contributed by atoms with Crippen molar-refractivity contribution in [3.05, 3.63) is 29.3 Å². The molecule has 1 rings (SSSR count). The van der Waals surface area contributed by atoms with E-state index in [4.69, 9.17) is 10.0 Å². The zero-order valence-electron chi connectivity index (χ0n) is 6.70. The van der Waals surface area contributed by atoms with Crippen LogP contribution >= 0.6 is 0 Å². The molecule has 0 atom stereocenters. The Bertz CT molecular complexity index is 246. The Kier molecular flexibility index (Phi) is 8.82. The minimum absolute atomic E-state index is 0. The quantitative estimate of drug-likeness (QED) is 0.525. The number of hydrogen-bond donors (Lipinski definition) is 2. The highest BCUT2D eigenvalue weighted by Gasteiger charge is 2.15. The van der Waals surface area contributed by atoms with Crippen molar-refractivity contribution >= 4 is 58.7 Å². The van der Waals surface area contributed by atoms with Crippen molar-refractivity contribution in [2.24, 2.45) is 0 Å². The molecule has 0 fully saturated rings. The van der Waals surface area contributed by atoms with E-state index in [0.29, 0.717) is 5.46 Å². The molecule has 1 aromatic rings. The van der Waals surface area contributed by atoms with Gasteiger partial charge in [-0.3, -0.25) is 0 Å². The molecule has 0 amide bonds. The molecule has 1 aromatic carbocycles. The van der Waals surface area contributed by atoms with Crippen LogP contribution in [0.2, 0.25) is 0 Å². The van der Waals surface area contributed by atoms with Gasteiger partial charge in [0.1, 0.15) is 0 Å². The van der Waals surface area contributed by atoms with Crippen LogP contribution in [0.1, 0.15) is 11.1 Å². The van der Waals surface area contributed by atoms with Gasteiger partial charge in [0, 0.05) is 0 Å². The van der Waals surface area contributed by atoms with E-state index in [1.54, 1.807) is 0 Å². The lowest BCUT2D eigenvalue weighted by molar-refractivity contribution is 0.425. The number of aryl methyl sites for hydroxylation is 2. The van der Waals surface area contributed by atoms with Crippen LogP contribution in [-0.2, 0) is 0 Å². The van der Waals surface area contributed by atoms with Crippen molar-refractivity contribution in [3.63, 3.8) is 0 Å². The van der Waals surface area contributed by atoms with Gasteiger partial charge in [-0.1, -0.05) is 29.3 Å². The maximum absolute atomic E-state index is 8.94. The van der Waals surface area contributed by atoms with E-state index in [0.717, 1.165) is 11.1 Å². The standard InChI is InChI=1S/C8H11BO2.2Mg.4H/c1-6-4-3-5-7(2)8(6)9(10)11;;;;;;/h3-5,10-11H,1-2H3;;;;;;. The Hall–Kier alpha value is 0.737. The highest BCUT2D eigenvalue weighted by Crippen LogP contribution is 1.99. The van der Waals surface area contributed by atoms with Crippen LogP contribution in [0, 0.1) is 13.8 Å². The largest absolute Gasteiger partial charge is 0.488 e. The number of rotatable bonds is 1. The summed E-state index contributed by atoms with van der Waals surface area (Å²) in [5.74, 6) is 0. The molecule has 0 aromatic heterocycles. The maximum atomic E-state index is 8.94. The molecular formula is C8H15BMg2O2. The fourth-order valence-electron chi connectivity index (χ4n) is 1.23. The van der Waals surface area contributed by atoms with Gasteiger partial charge in [-0.05, 0) is 19.3 Å². The first-order valence-electron chi connectivity index (χ1n) is 3.55. The lowest BCUT2D eigenvalue weighted by atomic mass is 9.74. The molecule has 0 spiro atoms. The Balaban J connectivity index is 0. The average Bonchev–Trinajstić information content (AvgIpc) is 1.85. The first-order valence-corrected chi connectivity index (χ1v) is 3.55. The third-order valence-electron chi connectivity index (χ3n) is 1.80. The molecule has 2 N–H and O–H groups in total. The molecule has 0 unspecified atom stereocenters. The Morgan fingerprint density at radius 2 is 1.38 bits per heavy atom. The van der Waals surface area contributed by atoms with Gasteiger partial charge in [-0.25, -0.2) is 0 Å². The molecule has 0 heterocycles. The predicted molar refractivity (Wildman–Crippen MR) is 62.8 cm³/mol. The van der Waals surface area contributed by atoms with Crippen LogP contribution in [0.15, 0.2) is 18.2 Å². The third-order valence-corrected chi connectivity index (χ3v) is 1.80. The summed E-state index contributed by atoms with van der Waals surface area (Å²) in [5, 5.41) is 17.9. The lowest BCUT2D eigenvalue weighted by Gasteiger charge is -2.06. The minimum Gasteiger partial charge on any atom is -0.423 e. The van der Waals surface area contributed by atoms with Crippen LogP contribution in [0.5, 0.6) is 0 Å². The zero-order chi connectivity index (χ0) is 8.43. The van der Waals surface area contributed by atoms with Crippen molar-refractivity contribution in [2.75, 3.05) is 0 Å². The SMILES string of the molecule is Cc1cccc(C)c1B(O)O.[MgH2].[MgH2]. The Morgan fingerprint density at radius 1 is 1.00 bits per heavy atom.